The molecule has 1 aromatic rings. The Hall–Kier alpha value is -1.42. The first-order chi connectivity index (χ1) is 7.54. The van der Waals surface area contributed by atoms with Crippen molar-refractivity contribution in [2.24, 2.45) is 5.73 Å². The van der Waals surface area contributed by atoms with Crippen LogP contribution in [0.15, 0.2) is 12.1 Å². The van der Waals surface area contributed by atoms with Crippen LogP contribution in [0.2, 0.25) is 0 Å². The first-order valence-corrected chi connectivity index (χ1v) is 5.30. The van der Waals surface area contributed by atoms with Gasteiger partial charge in [-0.15, -0.1) is 0 Å². The molecule has 1 aliphatic rings. The van der Waals surface area contributed by atoms with Crippen LogP contribution < -0.4 is 19.9 Å². The minimum absolute atomic E-state index is 0.471. The minimum atomic E-state index is -0.471. The Balaban J connectivity index is 2.56. The van der Waals surface area contributed by atoms with Crippen molar-refractivity contribution < 1.29 is 14.2 Å². The van der Waals surface area contributed by atoms with Gasteiger partial charge in [-0.05, 0) is 26.0 Å². The lowest BCUT2D eigenvalue weighted by Crippen LogP contribution is -2.29. The number of methoxy groups -OCH3 is 1. The molecule has 0 aliphatic carbocycles. The van der Waals surface area contributed by atoms with Crippen LogP contribution in [0.1, 0.15) is 19.4 Å². The summed E-state index contributed by atoms with van der Waals surface area (Å²) in [6.07, 6.45) is 0. The van der Waals surface area contributed by atoms with Crippen molar-refractivity contribution in [3.63, 3.8) is 0 Å². The predicted molar refractivity (Wildman–Crippen MR) is 61.2 cm³/mol. The van der Waals surface area contributed by atoms with E-state index in [0.717, 1.165) is 11.3 Å². The van der Waals surface area contributed by atoms with Crippen molar-refractivity contribution in [1.29, 1.82) is 0 Å². The van der Waals surface area contributed by atoms with Gasteiger partial charge in [-0.3, -0.25) is 0 Å². The zero-order valence-corrected chi connectivity index (χ0v) is 9.87. The summed E-state index contributed by atoms with van der Waals surface area (Å²) in [6, 6.07) is 3.80. The third kappa shape index (κ3) is 1.80. The van der Waals surface area contributed by atoms with Crippen molar-refractivity contribution in [3.8, 4) is 17.2 Å². The highest BCUT2D eigenvalue weighted by Crippen LogP contribution is 2.44. The van der Waals surface area contributed by atoms with Crippen molar-refractivity contribution in [2.75, 3.05) is 20.3 Å². The van der Waals surface area contributed by atoms with Crippen molar-refractivity contribution in [3.05, 3.63) is 17.7 Å². The van der Waals surface area contributed by atoms with E-state index in [0.29, 0.717) is 24.7 Å². The second-order valence-electron chi connectivity index (χ2n) is 4.39. The number of hydrogen-bond acceptors (Lipinski definition) is 4. The summed E-state index contributed by atoms with van der Waals surface area (Å²) in [4.78, 5) is 0. The second kappa shape index (κ2) is 3.87. The third-order valence-electron chi connectivity index (χ3n) is 2.56. The van der Waals surface area contributed by atoms with Gasteiger partial charge in [0.05, 0.1) is 7.11 Å². The molecule has 2 rings (SSSR count). The summed E-state index contributed by atoms with van der Waals surface area (Å²) in [5.74, 6) is 2.05. The quantitative estimate of drug-likeness (QED) is 0.828. The van der Waals surface area contributed by atoms with Gasteiger partial charge in [0.15, 0.2) is 11.5 Å². The van der Waals surface area contributed by atoms with Gasteiger partial charge in [-0.25, -0.2) is 0 Å². The van der Waals surface area contributed by atoms with E-state index in [9.17, 15) is 0 Å². The molecule has 2 N–H and O–H groups in total. The second-order valence-corrected chi connectivity index (χ2v) is 4.39. The summed E-state index contributed by atoms with van der Waals surface area (Å²) in [5.41, 5.74) is 6.53. The molecule has 0 unspecified atom stereocenters. The van der Waals surface area contributed by atoms with Gasteiger partial charge in [0, 0.05) is 11.1 Å². The lowest BCUT2D eigenvalue weighted by Gasteiger charge is -2.27. The molecule has 88 valence electrons. The molecule has 0 atom stereocenters. The van der Waals surface area contributed by atoms with Crippen molar-refractivity contribution in [2.45, 2.75) is 19.4 Å². The van der Waals surface area contributed by atoms with Crippen LogP contribution >= 0.6 is 0 Å². The molecule has 1 aromatic carbocycles. The number of fused-ring (bicyclic) bond motifs is 1. The van der Waals surface area contributed by atoms with Gasteiger partial charge in [-0.1, -0.05) is 0 Å². The zero-order valence-electron chi connectivity index (χ0n) is 9.87. The lowest BCUT2D eigenvalue weighted by atomic mass is 9.94. The van der Waals surface area contributed by atoms with Gasteiger partial charge >= 0.3 is 0 Å². The molecule has 0 fully saturated rings. The fraction of sp³-hybridized carbons (Fsp3) is 0.500. The lowest BCUT2D eigenvalue weighted by molar-refractivity contribution is 0.164. The van der Waals surface area contributed by atoms with E-state index in [1.54, 1.807) is 7.11 Å². The van der Waals surface area contributed by atoms with Crippen LogP contribution in [0.4, 0.5) is 0 Å². The molecule has 0 spiro atoms. The van der Waals surface area contributed by atoms with E-state index in [2.05, 4.69) is 0 Å². The topological polar surface area (TPSA) is 53.7 Å². The predicted octanol–water partition coefficient (Wildman–Crippen LogP) is 1.66. The molecule has 0 saturated heterocycles. The highest BCUT2D eigenvalue weighted by molar-refractivity contribution is 5.58. The molecule has 1 aliphatic heterocycles. The Labute approximate surface area is 95.3 Å². The summed E-state index contributed by atoms with van der Waals surface area (Å²) in [6.45, 7) is 4.97. The largest absolute Gasteiger partial charge is 0.492 e. The van der Waals surface area contributed by atoms with E-state index in [-0.39, 0.29) is 0 Å². The molecule has 4 nitrogen and oxygen atoms in total. The van der Waals surface area contributed by atoms with Crippen LogP contribution in [0, 0.1) is 0 Å². The van der Waals surface area contributed by atoms with Crippen molar-refractivity contribution in [1.82, 2.24) is 0 Å². The van der Waals surface area contributed by atoms with Crippen LogP contribution in [-0.4, -0.2) is 20.3 Å². The molecule has 0 radical (unpaired) electrons. The van der Waals surface area contributed by atoms with E-state index >= 15 is 0 Å². The average Bonchev–Trinajstić information content (AvgIpc) is 2.26. The Morgan fingerprint density at radius 1 is 1.25 bits per heavy atom. The average molecular weight is 223 g/mol. The molecular formula is C12H17NO3. The minimum Gasteiger partial charge on any atom is -0.492 e. The van der Waals surface area contributed by atoms with E-state index < -0.39 is 5.54 Å². The number of hydrogen-bond donors (Lipinski definition) is 1. The Bertz CT molecular complexity index is 396. The normalized spacial score (nSPS) is 14.8. The number of nitrogens with two attached hydrogens (primary N) is 1. The van der Waals surface area contributed by atoms with Crippen LogP contribution in [0.25, 0.3) is 0 Å². The summed E-state index contributed by atoms with van der Waals surface area (Å²) in [5, 5.41) is 0. The van der Waals surface area contributed by atoms with Crippen LogP contribution in [0.5, 0.6) is 17.2 Å². The maximum Gasteiger partial charge on any atom is 0.204 e. The fourth-order valence-electron chi connectivity index (χ4n) is 1.80. The molecule has 0 aromatic heterocycles. The molecule has 1 heterocycles. The maximum atomic E-state index is 6.09. The van der Waals surface area contributed by atoms with Crippen molar-refractivity contribution >= 4 is 0 Å². The summed E-state index contributed by atoms with van der Waals surface area (Å²) < 4.78 is 16.4. The zero-order chi connectivity index (χ0) is 11.8. The van der Waals surface area contributed by atoms with Gasteiger partial charge in [0.2, 0.25) is 5.75 Å². The third-order valence-corrected chi connectivity index (χ3v) is 2.56. The van der Waals surface area contributed by atoms with Gasteiger partial charge in [-0.2, -0.15) is 0 Å². The Kier molecular flexibility index (Phi) is 2.68. The smallest absolute Gasteiger partial charge is 0.204 e. The van der Waals surface area contributed by atoms with Gasteiger partial charge in [0.1, 0.15) is 13.2 Å². The molecule has 0 saturated carbocycles. The Morgan fingerprint density at radius 3 is 2.56 bits per heavy atom. The molecular weight excluding hydrogens is 206 g/mol. The first kappa shape index (κ1) is 11.1. The van der Waals surface area contributed by atoms with Gasteiger partial charge in [0.25, 0.3) is 0 Å². The number of ether oxygens (including phenoxy) is 3. The monoisotopic (exact) mass is 223 g/mol. The number of rotatable bonds is 2. The summed E-state index contributed by atoms with van der Waals surface area (Å²) in [7, 11) is 1.61. The standard InChI is InChI=1S/C12H17NO3/c1-12(2,13)8-4-5-9-11(10(8)14-3)16-7-6-15-9/h4-5H,6-7,13H2,1-3H3. The SMILES string of the molecule is COc1c(C(C)(C)N)ccc2c1OCCO2. The number of benzene rings is 1. The molecule has 4 heteroatoms. The van der Waals surface area contributed by atoms with E-state index in [1.165, 1.54) is 0 Å². The summed E-state index contributed by atoms with van der Waals surface area (Å²) >= 11 is 0. The fourth-order valence-corrected chi connectivity index (χ4v) is 1.80. The molecule has 16 heavy (non-hydrogen) atoms. The van der Waals surface area contributed by atoms with E-state index in [1.807, 2.05) is 26.0 Å². The first-order valence-electron chi connectivity index (χ1n) is 5.30. The Morgan fingerprint density at radius 2 is 1.94 bits per heavy atom. The highest BCUT2D eigenvalue weighted by atomic mass is 16.6. The molecule has 0 amide bonds. The van der Waals surface area contributed by atoms with Gasteiger partial charge < -0.3 is 19.9 Å². The van der Waals surface area contributed by atoms with Crippen LogP contribution in [0.3, 0.4) is 0 Å². The maximum absolute atomic E-state index is 6.09. The highest BCUT2D eigenvalue weighted by Gasteiger charge is 2.26. The van der Waals surface area contributed by atoms with E-state index in [4.69, 9.17) is 19.9 Å². The molecule has 0 bridgehead atoms. The van der Waals surface area contributed by atoms with Crippen LogP contribution in [-0.2, 0) is 5.54 Å².